The standard InChI is InChI=1S/C28H47NO2/c1-19(2)25(18-30)29-26(31)10-7-9-21-12-14-23-22-13-11-20-8-5-6-16-27(20,3)24(22)15-17-28(21,23)4/h18-25H,5-17H2,1-4H3,(H,29,31). The Labute approximate surface area is 190 Å². The Morgan fingerprint density at radius 1 is 0.968 bits per heavy atom. The minimum Gasteiger partial charge on any atom is -0.346 e. The number of carbonyl (C=O) groups is 2. The Bertz CT molecular complexity index is 659. The smallest absolute Gasteiger partial charge is 0.220 e. The van der Waals surface area contributed by atoms with Gasteiger partial charge < -0.3 is 10.1 Å². The van der Waals surface area contributed by atoms with Crippen molar-refractivity contribution >= 4 is 12.2 Å². The van der Waals surface area contributed by atoms with Crippen LogP contribution in [-0.4, -0.2) is 18.2 Å². The maximum atomic E-state index is 12.3. The summed E-state index contributed by atoms with van der Waals surface area (Å²) in [6.07, 6.45) is 18.2. The van der Waals surface area contributed by atoms with Gasteiger partial charge in [0.1, 0.15) is 6.29 Å². The summed E-state index contributed by atoms with van der Waals surface area (Å²) >= 11 is 0. The third-order valence-corrected chi connectivity index (χ3v) is 10.9. The zero-order valence-electron chi connectivity index (χ0n) is 20.6. The summed E-state index contributed by atoms with van der Waals surface area (Å²) in [5, 5.41) is 2.92. The number of fused-ring (bicyclic) bond motifs is 5. The fraction of sp³-hybridized carbons (Fsp3) is 0.929. The molecule has 3 nitrogen and oxygen atoms in total. The Morgan fingerprint density at radius 2 is 1.74 bits per heavy atom. The number of aldehydes is 1. The van der Waals surface area contributed by atoms with E-state index in [1.165, 1.54) is 70.6 Å². The topological polar surface area (TPSA) is 46.2 Å². The van der Waals surface area contributed by atoms with Gasteiger partial charge in [0.25, 0.3) is 0 Å². The maximum Gasteiger partial charge on any atom is 0.220 e. The van der Waals surface area contributed by atoms with E-state index in [2.05, 4.69) is 19.2 Å². The van der Waals surface area contributed by atoms with Gasteiger partial charge in [-0.2, -0.15) is 0 Å². The molecular weight excluding hydrogens is 382 g/mol. The van der Waals surface area contributed by atoms with E-state index in [4.69, 9.17) is 0 Å². The predicted molar refractivity (Wildman–Crippen MR) is 127 cm³/mol. The summed E-state index contributed by atoms with van der Waals surface area (Å²) in [5.41, 5.74) is 1.13. The fourth-order valence-corrected chi connectivity index (χ4v) is 9.00. The van der Waals surface area contributed by atoms with E-state index in [1.807, 2.05) is 13.8 Å². The lowest BCUT2D eigenvalue weighted by Gasteiger charge is -2.60. The van der Waals surface area contributed by atoms with Crippen molar-refractivity contribution in [3.8, 4) is 0 Å². The molecule has 4 fully saturated rings. The first-order chi connectivity index (χ1) is 14.8. The average molecular weight is 430 g/mol. The van der Waals surface area contributed by atoms with Crippen molar-refractivity contribution in [2.75, 3.05) is 0 Å². The fourth-order valence-electron chi connectivity index (χ4n) is 9.00. The van der Waals surface area contributed by atoms with Crippen LogP contribution in [0.25, 0.3) is 0 Å². The van der Waals surface area contributed by atoms with Gasteiger partial charge in [0.15, 0.2) is 0 Å². The van der Waals surface area contributed by atoms with E-state index in [-0.39, 0.29) is 17.9 Å². The second kappa shape index (κ2) is 9.18. The number of rotatable bonds is 7. The SMILES string of the molecule is CC(C)C(C=O)NC(=O)CCCC1CCC2C3CCC4CCCCC4(C)C3CCC12C. The maximum absolute atomic E-state index is 12.3. The molecule has 0 aromatic rings. The number of hydrogen-bond acceptors (Lipinski definition) is 2. The van der Waals surface area contributed by atoms with Crippen LogP contribution < -0.4 is 5.32 Å². The highest BCUT2D eigenvalue weighted by Crippen LogP contribution is 2.67. The first-order valence-electron chi connectivity index (χ1n) is 13.5. The first-order valence-corrected chi connectivity index (χ1v) is 13.5. The van der Waals surface area contributed by atoms with Gasteiger partial charge in [-0.25, -0.2) is 0 Å². The number of nitrogens with one attached hydrogen (secondary N) is 1. The molecule has 0 spiro atoms. The van der Waals surface area contributed by atoms with Crippen LogP contribution in [0.1, 0.15) is 111 Å². The summed E-state index contributed by atoms with van der Waals surface area (Å²) < 4.78 is 0. The van der Waals surface area contributed by atoms with E-state index in [1.54, 1.807) is 0 Å². The van der Waals surface area contributed by atoms with E-state index >= 15 is 0 Å². The van der Waals surface area contributed by atoms with Crippen molar-refractivity contribution in [1.82, 2.24) is 5.32 Å². The summed E-state index contributed by atoms with van der Waals surface area (Å²) in [6, 6.07) is -0.340. The van der Waals surface area contributed by atoms with Crippen molar-refractivity contribution in [3.63, 3.8) is 0 Å². The molecule has 0 saturated heterocycles. The van der Waals surface area contributed by atoms with Crippen LogP contribution in [0.4, 0.5) is 0 Å². The van der Waals surface area contributed by atoms with Crippen molar-refractivity contribution < 1.29 is 9.59 Å². The molecule has 3 heteroatoms. The summed E-state index contributed by atoms with van der Waals surface area (Å²) in [4.78, 5) is 23.5. The van der Waals surface area contributed by atoms with Crippen LogP contribution in [0, 0.1) is 46.3 Å². The molecule has 4 rings (SSSR count). The Kier molecular flexibility index (Phi) is 6.90. The molecule has 4 aliphatic rings. The predicted octanol–water partition coefficient (Wildman–Crippen LogP) is 6.55. The van der Waals surface area contributed by atoms with Crippen LogP contribution in [0.5, 0.6) is 0 Å². The minimum absolute atomic E-state index is 0.0535. The van der Waals surface area contributed by atoms with Gasteiger partial charge in [0.2, 0.25) is 5.91 Å². The van der Waals surface area contributed by atoms with E-state index in [0.717, 1.165) is 42.3 Å². The number of carbonyl (C=O) groups excluding carboxylic acids is 2. The molecule has 8 unspecified atom stereocenters. The molecular formula is C28H47NO2. The highest BCUT2D eigenvalue weighted by Gasteiger charge is 2.59. The molecule has 0 heterocycles. The lowest BCUT2D eigenvalue weighted by molar-refractivity contribution is -0.125. The van der Waals surface area contributed by atoms with Crippen molar-refractivity contribution in [3.05, 3.63) is 0 Å². The molecule has 1 amide bonds. The summed E-state index contributed by atoms with van der Waals surface area (Å²) in [7, 11) is 0. The quantitative estimate of drug-likeness (QED) is 0.467. The second-order valence-corrected chi connectivity index (χ2v) is 12.6. The summed E-state index contributed by atoms with van der Waals surface area (Å²) in [5.74, 6) is 4.87. The van der Waals surface area contributed by atoms with E-state index in [9.17, 15) is 9.59 Å². The monoisotopic (exact) mass is 429 g/mol. The lowest BCUT2D eigenvalue weighted by Crippen LogP contribution is -2.52. The van der Waals surface area contributed by atoms with Crippen LogP contribution in [0.2, 0.25) is 0 Å². The van der Waals surface area contributed by atoms with Gasteiger partial charge in [-0.1, -0.05) is 40.5 Å². The molecule has 176 valence electrons. The van der Waals surface area contributed by atoms with Gasteiger partial charge in [-0.3, -0.25) is 4.79 Å². The zero-order valence-corrected chi connectivity index (χ0v) is 20.6. The van der Waals surface area contributed by atoms with Crippen LogP contribution >= 0.6 is 0 Å². The Morgan fingerprint density at radius 3 is 2.48 bits per heavy atom. The normalized spacial score (nSPS) is 42.9. The van der Waals surface area contributed by atoms with Gasteiger partial charge in [0.05, 0.1) is 6.04 Å². The molecule has 0 aromatic heterocycles. The first kappa shape index (κ1) is 23.3. The molecule has 4 saturated carbocycles. The molecule has 31 heavy (non-hydrogen) atoms. The van der Waals surface area contributed by atoms with Crippen LogP contribution in [0.3, 0.4) is 0 Å². The van der Waals surface area contributed by atoms with Crippen LogP contribution in [-0.2, 0) is 9.59 Å². The van der Waals surface area contributed by atoms with Crippen LogP contribution in [0.15, 0.2) is 0 Å². The Balaban J connectivity index is 1.34. The van der Waals surface area contributed by atoms with Gasteiger partial charge in [0, 0.05) is 6.42 Å². The number of hydrogen-bond donors (Lipinski definition) is 1. The van der Waals surface area contributed by atoms with Gasteiger partial charge >= 0.3 is 0 Å². The zero-order chi connectivity index (χ0) is 22.2. The van der Waals surface area contributed by atoms with Crippen molar-refractivity contribution in [2.24, 2.45) is 46.3 Å². The highest BCUT2D eigenvalue weighted by molar-refractivity contribution is 5.79. The minimum atomic E-state index is -0.340. The van der Waals surface area contributed by atoms with Crippen molar-refractivity contribution in [2.45, 2.75) is 117 Å². The average Bonchev–Trinajstić information content (AvgIpc) is 3.07. The molecule has 0 aromatic carbocycles. The van der Waals surface area contributed by atoms with E-state index in [0.29, 0.717) is 17.3 Å². The largest absolute Gasteiger partial charge is 0.346 e. The number of amides is 1. The second-order valence-electron chi connectivity index (χ2n) is 12.6. The molecule has 0 bridgehead atoms. The lowest BCUT2D eigenvalue weighted by atomic mass is 9.45. The summed E-state index contributed by atoms with van der Waals surface area (Å²) in [6.45, 7) is 9.25. The molecule has 0 aliphatic heterocycles. The molecule has 0 radical (unpaired) electrons. The Hall–Kier alpha value is -0.860. The highest BCUT2D eigenvalue weighted by atomic mass is 16.2. The van der Waals surface area contributed by atoms with Crippen molar-refractivity contribution in [1.29, 1.82) is 0 Å². The molecule has 4 aliphatic carbocycles. The van der Waals surface area contributed by atoms with Gasteiger partial charge in [-0.05, 0) is 111 Å². The molecule has 8 atom stereocenters. The third-order valence-electron chi connectivity index (χ3n) is 10.9. The molecule has 1 N–H and O–H groups in total. The third kappa shape index (κ3) is 4.24. The van der Waals surface area contributed by atoms with E-state index < -0.39 is 0 Å². The van der Waals surface area contributed by atoms with Gasteiger partial charge in [-0.15, -0.1) is 0 Å².